The maximum absolute atomic E-state index is 12.2. The summed E-state index contributed by atoms with van der Waals surface area (Å²) in [5, 5.41) is 9.29. The molecular weight excluding hydrogens is 338 g/mol. The summed E-state index contributed by atoms with van der Waals surface area (Å²) in [6, 6.07) is -0.128. The predicted molar refractivity (Wildman–Crippen MR) is 95.9 cm³/mol. The molecule has 0 aliphatic carbocycles. The van der Waals surface area contributed by atoms with Crippen LogP contribution in [0, 0.1) is 13.8 Å². The Bertz CT molecular complexity index is 908. The molecular formula is C17H21N5O2S. The normalized spacial score (nSPS) is 12.5. The van der Waals surface area contributed by atoms with Gasteiger partial charge in [0, 0.05) is 29.9 Å². The summed E-state index contributed by atoms with van der Waals surface area (Å²) in [6.45, 7) is 7.54. The van der Waals surface area contributed by atoms with Crippen molar-refractivity contribution < 1.29 is 9.59 Å². The Morgan fingerprint density at radius 3 is 2.76 bits per heavy atom. The molecule has 0 fully saturated rings. The number of ketones is 1. The monoisotopic (exact) mass is 359 g/mol. The third-order valence-corrected chi connectivity index (χ3v) is 4.96. The van der Waals surface area contributed by atoms with Gasteiger partial charge in [-0.1, -0.05) is 0 Å². The number of fused-ring (bicyclic) bond motifs is 1. The molecule has 0 bridgehead atoms. The minimum atomic E-state index is -0.128. The van der Waals surface area contributed by atoms with Crippen molar-refractivity contribution in [1.29, 1.82) is 0 Å². The number of nitrogens with one attached hydrogen (secondary N) is 1. The van der Waals surface area contributed by atoms with Crippen LogP contribution in [0.5, 0.6) is 0 Å². The molecule has 0 aliphatic rings. The highest BCUT2D eigenvalue weighted by Gasteiger charge is 2.20. The number of nitrogens with zero attached hydrogens (tertiary/aromatic N) is 4. The summed E-state index contributed by atoms with van der Waals surface area (Å²) in [4.78, 5) is 29.3. The van der Waals surface area contributed by atoms with Crippen LogP contribution in [0.1, 0.15) is 53.7 Å². The molecule has 0 aromatic carbocycles. The molecule has 3 heterocycles. The number of imidazole rings is 1. The number of amides is 1. The fourth-order valence-electron chi connectivity index (χ4n) is 3.08. The smallest absolute Gasteiger partial charge is 0.222 e. The first kappa shape index (κ1) is 17.3. The van der Waals surface area contributed by atoms with Gasteiger partial charge in [-0.3, -0.25) is 18.7 Å². The number of aromatic nitrogens is 4. The van der Waals surface area contributed by atoms with Gasteiger partial charge in [0.2, 0.25) is 5.91 Å². The highest BCUT2D eigenvalue weighted by Crippen LogP contribution is 2.20. The van der Waals surface area contributed by atoms with Gasteiger partial charge in [0.1, 0.15) is 0 Å². The third-order valence-electron chi connectivity index (χ3n) is 4.19. The second kappa shape index (κ2) is 6.79. The molecule has 1 N–H and O–H groups in total. The molecule has 1 atom stereocenters. The first-order valence-electron chi connectivity index (χ1n) is 8.11. The lowest BCUT2D eigenvalue weighted by Gasteiger charge is -2.14. The van der Waals surface area contributed by atoms with Crippen molar-refractivity contribution in [2.75, 3.05) is 0 Å². The lowest BCUT2D eigenvalue weighted by atomic mass is 10.1. The maximum Gasteiger partial charge on any atom is 0.222 e. The van der Waals surface area contributed by atoms with Crippen LogP contribution in [0.2, 0.25) is 0 Å². The number of aryl methyl sites for hydroxylation is 1. The van der Waals surface area contributed by atoms with Crippen molar-refractivity contribution in [3.8, 4) is 0 Å². The standard InChI is InChI=1S/C17H21N5O2S/c1-10(22-12(3)16(13(4)23)11(2)20-22)7-15(24)18-8-14-9-21-5-6-25-17(21)19-14/h5-6,9-10H,7-8H2,1-4H3,(H,18,24)/t10-/m0/s1. The van der Waals surface area contributed by atoms with E-state index in [2.05, 4.69) is 15.4 Å². The van der Waals surface area contributed by atoms with Crippen LogP contribution < -0.4 is 5.32 Å². The number of thiazole rings is 1. The van der Waals surface area contributed by atoms with Crippen LogP contribution in [0.25, 0.3) is 4.96 Å². The molecule has 0 aliphatic heterocycles. The Balaban J connectivity index is 1.61. The van der Waals surface area contributed by atoms with Gasteiger partial charge in [-0.25, -0.2) is 4.98 Å². The number of rotatable bonds is 6. The summed E-state index contributed by atoms with van der Waals surface area (Å²) in [5.74, 6) is -0.0709. The Labute approximate surface area is 149 Å². The van der Waals surface area contributed by atoms with Gasteiger partial charge >= 0.3 is 0 Å². The summed E-state index contributed by atoms with van der Waals surface area (Å²) in [5.41, 5.74) is 2.98. The number of hydrogen-bond donors (Lipinski definition) is 1. The molecule has 3 rings (SSSR count). The number of Topliss-reactive ketones (excluding diaryl/α,β-unsaturated/α-hetero) is 1. The molecule has 0 saturated heterocycles. The van der Waals surface area contributed by atoms with Crippen molar-refractivity contribution in [2.24, 2.45) is 0 Å². The summed E-state index contributed by atoms with van der Waals surface area (Å²) in [7, 11) is 0. The first-order chi connectivity index (χ1) is 11.9. The van der Waals surface area contributed by atoms with Gasteiger partial charge < -0.3 is 5.32 Å². The van der Waals surface area contributed by atoms with Gasteiger partial charge in [-0.2, -0.15) is 5.10 Å². The molecule has 0 spiro atoms. The second-order valence-corrected chi connectivity index (χ2v) is 7.07. The average molecular weight is 359 g/mol. The van der Waals surface area contributed by atoms with Crippen LogP contribution in [0.4, 0.5) is 0 Å². The third kappa shape index (κ3) is 3.48. The minimum absolute atomic E-state index is 0.00217. The topological polar surface area (TPSA) is 81.3 Å². The Morgan fingerprint density at radius 1 is 1.36 bits per heavy atom. The predicted octanol–water partition coefficient (Wildman–Crippen LogP) is 2.68. The summed E-state index contributed by atoms with van der Waals surface area (Å²) in [6.07, 6.45) is 4.15. The van der Waals surface area contributed by atoms with Crippen LogP contribution in [0.15, 0.2) is 17.8 Å². The van der Waals surface area contributed by atoms with Crippen LogP contribution in [-0.4, -0.2) is 30.9 Å². The van der Waals surface area contributed by atoms with E-state index in [0.29, 0.717) is 24.2 Å². The van der Waals surface area contributed by atoms with E-state index < -0.39 is 0 Å². The van der Waals surface area contributed by atoms with Crippen molar-refractivity contribution >= 4 is 28.0 Å². The fourth-order valence-corrected chi connectivity index (χ4v) is 3.80. The van der Waals surface area contributed by atoms with E-state index in [1.807, 2.05) is 42.9 Å². The van der Waals surface area contributed by atoms with E-state index in [-0.39, 0.29) is 17.7 Å². The number of carbonyl (C=O) groups excluding carboxylic acids is 2. The molecule has 0 saturated carbocycles. The Kier molecular flexibility index (Phi) is 4.71. The van der Waals surface area contributed by atoms with E-state index in [4.69, 9.17) is 0 Å². The van der Waals surface area contributed by atoms with Crippen molar-refractivity contribution in [2.45, 2.75) is 46.7 Å². The minimum Gasteiger partial charge on any atom is -0.350 e. The summed E-state index contributed by atoms with van der Waals surface area (Å²) < 4.78 is 3.70. The molecule has 0 unspecified atom stereocenters. The molecule has 132 valence electrons. The zero-order chi connectivity index (χ0) is 18.1. The number of hydrogen-bond acceptors (Lipinski definition) is 5. The Morgan fingerprint density at radius 2 is 2.12 bits per heavy atom. The summed E-state index contributed by atoms with van der Waals surface area (Å²) >= 11 is 1.56. The lowest BCUT2D eigenvalue weighted by Crippen LogP contribution is -2.26. The Hall–Kier alpha value is -2.48. The molecule has 7 nitrogen and oxygen atoms in total. The zero-order valence-electron chi connectivity index (χ0n) is 14.7. The van der Waals surface area contributed by atoms with Gasteiger partial charge in [0.15, 0.2) is 10.7 Å². The van der Waals surface area contributed by atoms with E-state index in [9.17, 15) is 9.59 Å². The molecule has 25 heavy (non-hydrogen) atoms. The quantitative estimate of drug-likeness (QED) is 0.686. The van der Waals surface area contributed by atoms with Crippen LogP contribution in [0.3, 0.4) is 0 Å². The van der Waals surface area contributed by atoms with Crippen molar-refractivity contribution in [1.82, 2.24) is 24.5 Å². The largest absolute Gasteiger partial charge is 0.350 e. The average Bonchev–Trinajstić information content (AvgIpc) is 3.18. The van der Waals surface area contributed by atoms with Gasteiger partial charge in [0.25, 0.3) is 0 Å². The zero-order valence-corrected chi connectivity index (χ0v) is 15.6. The van der Waals surface area contributed by atoms with Crippen molar-refractivity contribution in [3.63, 3.8) is 0 Å². The van der Waals surface area contributed by atoms with E-state index in [1.165, 1.54) is 6.92 Å². The SMILES string of the molecule is CC(=O)c1c(C)nn([C@@H](C)CC(=O)NCc2cn3ccsc3n2)c1C. The lowest BCUT2D eigenvalue weighted by molar-refractivity contribution is -0.122. The van der Waals surface area contributed by atoms with Crippen LogP contribution in [-0.2, 0) is 11.3 Å². The molecule has 3 aromatic rings. The maximum atomic E-state index is 12.2. The van der Waals surface area contributed by atoms with Crippen molar-refractivity contribution in [3.05, 3.63) is 40.4 Å². The van der Waals surface area contributed by atoms with E-state index in [0.717, 1.165) is 16.3 Å². The van der Waals surface area contributed by atoms with Gasteiger partial charge in [0.05, 0.1) is 29.5 Å². The molecule has 0 radical (unpaired) electrons. The molecule has 8 heteroatoms. The molecule has 3 aromatic heterocycles. The van der Waals surface area contributed by atoms with Gasteiger partial charge in [-0.05, 0) is 27.7 Å². The first-order valence-corrected chi connectivity index (χ1v) is 8.99. The second-order valence-electron chi connectivity index (χ2n) is 6.20. The van der Waals surface area contributed by atoms with E-state index in [1.54, 1.807) is 16.0 Å². The van der Waals surface area contributed by atoms with E-state index >= 15 is 0 Å². The fraction of sp³-hybridized carbons (Fsp3) is 0.412. The highest BCUT2D eigenvalue weighted by molar-refractivity contribution is 7.15. The van der Waals surface area contributed by atoms with Crippen LogP contribution >= 0.6 is 11.3 Å². The van der Waals surface area contributed by atoms with Gasteiger partial charge in [-0.15, -0.1) is 11.3 Å². The highest BCUT2D eigenvalue weighted by atomic mass is 32.1. The number of carbonyl (C=O) groups is 2. The molecule has 1 amide bonds.